The molecule has 0 spiro atoms. The van der Waals surface area contributed by atoms with Gasteiger partial charge in [-0.3, -0.25) is 14.8 Å². The molecule has 1 aliphatic rings. The van der Waals surface area contributed by atoms with Crippen LogP contribution in [0, 0.1) is 5.92 Å². The van der Waals surface area contributed by atoms with Gasteiger partial charge in [0.05, 0.1) is 40.6 Å². The number of pyridine rings is 3. The predicted molar refractivity (Wildman–Crippen MR) is 121 cm³/mol. The number of nitrogens with zero attached hydrogens (tertiary/aromatic N) is 4. The van der Waals surface area contributed by atoms with Crippen LogP contribution in [0.4, 0.5) is 29.3 Å². The highest BCUT2D eigenvalue weighted by atomic mass is 79.9. The Morgan fingerprint density at radius 3 is 2.68 bits per heavy atom. The standard InChI is InChI=1S/C21H18BrF3N6O3/c22-12-6-16-14(27-7-12)1-2-15(29-16)19(32)30-17-8-26-4-3-18(17)31-9-11(21(23,24)25)5-13(10-31)28-20(33)34/h1-4,6-8,11,13,28H,5,9-10H2,(H,30,32)(H,33,34)/t11-,13+/m1/s1. The van der Waals surface area contributed by atoms with Gasteiger partial charge in [0.15, 0.2) is 0 Å². The second-order valence-corrected chi connectivity index (χ2v) is 8.68. The number of nitrogens with one attached hydrogen (secondary N) is 2. The first-order valence-electron chi connectivity index (χ1n) is 10.1. The number of hydrogen-bond acceptors (Lipinski definition) is 6. The average molecular weight is 539 g/mol. The number of carbonyl (C=O) groups excluding carboxylic acids is 1. The summed E-state index contributed by atoms with van der Waals surface area (Å²) in [7, 11) is 0. The lowest BCUT2D eigenvalue weighted by Gasteiger charge is -2.40. The maximum atomic E-state index is 13.5. The van der Waals surface area contributed by atoms with E-state index in [1.807, 2.05) is 0 Å². The zero-order valence-corrected chi connectivity index (χ0v) is 19.0. The lowest BCUT2D eigenvalue weighted by molar-refractivity contribution is -0.177. The normalized spacial score (nSPS) is 18.5. The second-order valence-electron chi connectivity index (χ2n) is 7.76. The first-order valence-corrected chi connectivity index (χ1v) is 10.9. The molecule has 2 atom stereocenters. The summed E-state index contributed by atoms with van der Waals surface area (Å²) in [5, 5.41) is 13.8. The lowest BCUT2D eigenvalue weighted by atomic mass is 9.93. The molecule has 0 saturated carbocycles. The van der Waals surface area contributed by atoms with Gasteiger partial charge in [0.1, 0.15) is 5.69 Å². The molecule has 34 heavy (non-hydrogen) atoms. The monoisotopic (exact) mass is 538 g/mol. The van der Waals surface area contributed by atoms with Crippen molar-refractivity contribution in [1.82, 2.24) is 20.3 Å². The molecule has 3 N–H and O–H groups in total. The summed E-state index contributed by atoms with van der Waals surface area (Å²) in [4.78, 5) is 37.8. The number of amides is 2. The van der Waals surface area contributed by atoms with Gasteiger partial charge in [0, 0.05) is 30.0 Å². The van der Waals surface area contributed by atoms with E-state index in [1.54, 1.807) is 18.3 Å². The number of aromatic nitrogens is 3. The number of fused-ring (bicyclic) bond motifs is 1. The Labute approximate surface area is 199 Å². The van der Waals surface area contributed by atoms with E-state index in [-0.39, 0.29) is 30.9 Å². The third kappa shape index (κ3) is 5.35. The molecular weight excluding hydrogens is 521 g/mol. The maximum Gasteiger partial charge on any atom is 0.404 e. The van der Waals surface area contributed by atoms with Gasteiger partial charge in [0.2, 0.25) is 0 Å². The quantitative estimate of drug-likeness (QED) is 0.458. The number of alkyl halides is 3. The fourth-order valence-corrected chi connectivity index (χ4v) is 4.19. The van der Waals surface area contributed by atoms with Crippen LogP contribution in [0.1, 0.15) is 16.9 Å². The highest BCUT2D eigenvalue weighted by Crippen LogP contribution is 2.37. The van der Waals surface area contributed by atoms with Gasteiger partial charge in [0.25, 0.3) is 5.91 Å². The number of anilines is 2. The Balaban J connectivity index is 1.60. The van der Waals surface area contributed by atoms with Crippen LogP contribution in [-0.2, 0) is 0 Å². The van der Waals surface area contributed by atoms with E-state index in [4.69, 9.17) is 5.11 Å². The summed E-state index contributed by atoms with van der Waals surface area (Å²) in [6.45, 7) is -0.387. The summed E-state index contributed by atoms with van der Waals surface area (Å²) in [5.41, 5.74) is 1.63. The number of rotatable bonds is 4. The Kier molecular flexibility index (Phi) is 6.55. The van der Waals surface area contributed by atoms with Crippen molar-refractivity contribution < 1.29 is 27.9 Å². The highest BCUT2D eigenvalue weighted by molar-refractivity contribution is 9.10. The number of carboxylic acid groups (broad SMARTS) is 1. The molecule has 0 unspecified atom stereocenters. The van der Waals surface area contributed by atoms with Crippen LogP contribution in [0.25, 0.3) is 11.0 Å². The van der Waals surface area contributed by atoms with Gasteiger partial charge < -0.3 is 20.6 Å². The van der Waals surface area contributed by atoms with E-state index < -0.39 is 30.1 Å². The number of carbonyl (C=O) groups is 2. The van der Waals surface area contributed by atoms with Crippen molar-refractivity contribution in [2.45, 2.75) is 18.6 Å². The van der Waals surface area contributed by atoms with Gasteiger partial charge in [-0.1, -0.05) is 0 Å². The van der Waals surface area contributed by atoms with E-state index in [2.05, 4.69) is 41.5 Å². The SMILES string of the molecule is O=C(O)N[C@H]1C[C@@H](C(F)(F)F)CN(c2ccncc2NC(=O)c2ccc3ncc(Br)cc3n2)C1. The largest absolute Gasteiger partial charge is 0.465 e. The zero-order chi connectivity index (χ0) is 24.5. The molecule has 13 heteroatoms. The van der Waals surface area contributed by atoms with Gasteiger partial charge in [-0.05, 0) is 46.6 Å². The van der Waals surface area contributed by atoms with Crippen LogP contribution in [0.2, 0.25) is 0 Å². The Hall–Kier alpha value is -3.48. The molecule has 1 fully saturated rings. The molecule has 9 nitrogen and oxygen atoms in total. The van der Waals surface area contributed by atoms with Crippen molar-refractivity contribution in [3.63, 3.8) is 0 Å². The molecule has 0 bridgehead atoms. The van der Waals surface area contributed by atoms with Crippen molar-refractivity contribution in [1.29, 1.82) is 0 Å². The van der Waals surface area contributed by atoms with Crippen LogP contribution in [-0.4, -0.2) is 57.4 Å². The highest BCUT2D eigenvalue weighted by Gasteiger charge is 2.45. The van der Waals surface area contributed by atoms with Gasteiger partial charge in [-0.25, -0.2) is 9.78 Å². The van der Waals surface area contributed by atoms with Crippen molar-refractivity contribution in [3.8, 4) is 0 Å². The molecule has 4 heterocycles. The molecule has 178 valence electrons. The summed E-state index contributed by atoms with van der Waals surface area (Å²) >= 11 is 3.30. The van der Waals surface area contributed by atoms with Gasteiger partial charge in [-0.2, -0.15) is 13.2 Å². The molecule has 1 saturated heterocycles. The molecule has 3 aromatic heterocycles. The fourth-order valence-electron chi connectivity index (χ4n) is 3.87. The Morgan fingerprint density at radius 2 is 1.94 bits per heavy atom. The van der Waals surface area contributed by atoms with Crippen molar-refractivity contribution in [2.75, 3.05) is 23.3 Å². The van der Waals surface area contributed by atoms with Crippen LogP contribution < -0.4 is 15.5 Å². The Bertz CT molecular complexity index is 1240. The lowest BCUT2D eigenvalue weighted by Crippen LogP contribution is -2.53. The topological polar surface area (TPSA) is 120 Å². The van der Waals surface area contributed by atoms with E-state index >= 15 is 0 Å². The number of hydrogen-bond donors (Lipinski definition) is 3. The van der Waals surface area contributed by atoms with Gasteiger partial charge >= 0.3 is 12.3 Å². The smallest absolute Gasteiger partial charge is 0.404 e. The minimum atomic E-state index is -4.51. The van der Waals surface area contributed by atoms with E-state index in [0.717, 1.165) is 0 Å². The zero-order valence-electron chi connectivity index (χ0n) is 17.4. The third-order valence-electron chi connectivity index (χ3n) is 5.36. The van der Waals surface area contributed by atoms with Crippen LogP contribution in [0.5, 0.6) is 0 Å². The molecule has 0 aromatic carbocycles. The number of halogens is 4. The first kappa shape index (κ1) is 23.7. The predicted octanol–water partition coefficient (Wildman–Crippen LogP) is 4.06. The minimum Gasteiger partial charge on any atom is -0.465 e. The van der Waals surface area contributed by atoms with Crippen molar-refractivity contribution in [2.24, 2.45) is 5.92 Å². The summed E-state index contributed by atoms with van der Waals surface area (Å²) in [6, 6.07) is 5.36. The minimum absolute atomic E-state index is 0.000313. The van der Waals surface area contributed by atoms with E-state index in [9.17, 15) is 22.8 Å². The first-order chi connectivity index (χ1) is 16.1. The fraction of sp³-hybridized carbons (Fsp3) is 0.286. The van der Waals surface area contributed by atoms with Crippen molar-refractivity contribution >= 4 is 50.3 Å². The molecular formula is C21H18BrF3N6O3. The molecule has 3 aromatic rings. The maximum absolute atomic E-state index is 13.5. The van der Waals surface area contributed by atoms with Crippen LogP contribution >= 0.6 is 15.9 Å². The van der Waals surface area contributed by atoms with Crippen LogP contribution in [0.3, 0.4) is 0 Å². The van der Waals surface area contributed by atoms with E-state index in [1.165, 1.54) is 29.4 Å². The molecule has 1 aliphatic heterocycles. The number of piperidine rings is 1. The average Bonchev–Trinajstić information content (AvgIpc) is 2.77. The van der Waals surface area contributed by atoms with Crippen LogP contribution in [0.15, 0.2) is 47.3 Å². The second kappa shape index (κ2) is 9.41. The van der Waals surface area contributed by atoms with E-state index in [0.29, 0.717) is 21.2 Å². The van der Waals surface area contributed by atoms with Gasteiger partial charge in [-0.15, -0.1) is 0 Å². The summed E-state index contributed by atoms with van der Waals surface area (Å²) < 4.78 is 41.3. The summed E-state index contributed by atoms with van der Waals surface area (Å²) in [6.07, 6.45) is -1.97. The molecule has 4 rings (SSSR count). The molecule has 2 amide bonds. The van der Waals surface area contributed by atoms with Crippen molar-refractivity contribution in [3.05, 3.63) is 53.0 Å². The molecule has 0 aliphatic carbocycles. The third-order valence-corrected chi connectivity index (χ3v) is 5.80. The summed E-state index contributed by atoms with van der Waals surface area (Å²) in [5.74, 6) is -2.33. The molecule has 0 radical (unpaired) electrons. The Morgan fingerprint density at radius 1 is 1.15 bits per heavy atom.